The van der Waals surface area contributed by atoms with E-state index in [-0.39, 0.29) is 11.9 Å². The van der Waals surface area contributed by atoms with Crippen LogP contribution in [0, 0.1) is 5.92 Å². The van der Waals surface area contributed by atoms with Crippen molar-refractivity contribution in [3.63, 3.8) is 0 Å². The van der Waals surface area contributed by atoms with Gasteiger partial charge in [0.25, 0.3) is 5.91 Å². The second kappa shape index (κ2) is 8.51. The highest BCUT2D eigenvalue weighted by atomic mass is 35.5. The third-order valence-electron chi connectivity index (χ3n) is 4.32. The maximum atomic E-state index is 12.4. The number of carbonyl (C=O) groups excluding carboxylic acids is 1. The molecular formula is C17H25ClN2O2. The van der Waals surface area contributed by atoms with Crippen LogP contribution in [-0.4, -0.2) is 25.2 Å². The Balaban J connectivity index is 1.92. The van der Waals surface area contributed by atoms with Crippen LogP contribution in [0.2, 0.25) is 5.02 Å². The van der Waals surface area contributed by atoms with Crippen molar-refractivity contribution < 1.29 is 9.53 Å². The average molecular weight is 325 g/mol. The van der Waals surface area contributed by atoms with E-state index in [0.717, 1.165) is 6.42 Å². The van der Waals surface area contributed by atoms with Crippen molar-refractivity contribution in [2.24, 2.45) is 11.7 Å². The molecule has 1 aromatic rings. The maximum absolute atomic E-state index is 12.4. The molecule has 0 aliphatic heterocycles. The predicted octanol–water partition coefficient (Wildman–Crippen LogP) is 3.59. The average Bonchev–Trinajstić information content (AvgIpc) is 2.49. The minimum Gasteiger partial charge on any atom is -0.370 e. The van der Waals surface area contributed by atoms with Gasteiger partial charge in [-0.25, -0.2) is 0 Å². The van der Waals surface area contributed by atoms with Gasteiger partial charge in [-0.3, -0.25) is 4.79 Å². The molecule has 1 saturated carbocycles. The minimum atomic E-state index is -0.638. The van der Waals surface area contributed by atoms with Gasteiger partial charge in [-0.15, -0.1) is 0 Å². The molecule has 122 valence electrons. The Morgan fingerprint density at radius 3 is 2.77 bits per heavy atom. The lowest BCUT2D eigenvalue weighted by Crippen LogP contribution is -2.45. The van der Waals surface area contributed by atoms with Crippen LogP contribution in [0.5, 0.6) is 0 Å². The summed E-state index contributed by atoms with van der Waals surface area (Å²) in [6.07, 6.45) is 6.46. The van der Waals surface area contributed by atoms with Gasteiger partial charge < -0.3 is 15.8 Å². The Hall–Kier alpha value is -1.10. The number of nitrogens with one attached hydrogen (secondary N) is 1. The maximum Gasteiger partial charge on any atom is 0.255 e. The van der Waals surface area contributed by atoms with E-state index >= 15 is 0 Å². The number of ether oxygens (including phenoxy) is 1. The Morgan fingerprint density at radius 1 is 1.41 bits per heavy atom. The van der Waals surface area contributed by atoms with E-state index < -0.39 is 6.10 Å². The standard InChI is InChI=1S/C17H25ClN2O2/c1-22-16(15(19)10-12-6-3-2-4-7-12)17(21)20-14-9-5-8-13(18)11-14/h5,8-9,11-12,15-16H,2-4,6-7,10,19H2,1H3,(H,20,21). The van der Waals surface area contributed by atoms with Gasteiger partial charge in [0.2, 0.25) is 0 Å². The molecule has 2 unspecified atom stereocenters. The van der Waals surface area contributed by atoms with Gasteiger partial charge >= 0.3 is 0 Å². The zero-order valence-corrected chi connectivity index (χ0v) is 13.8. The van der Waals surface area contributed by atoms with E-state index in [2.05, 4.69) is 5.32 Å². The molecule has 2 atom stereocenters. The number of rotatable bonds is 6. The fraction of sp³-hybridized carbons (Fsp3) is 0.588. The topological polar surface area (TPSA) is 64.3 Å². The van der Waals surface area contributed by atoms with Crippen LogP contribution in [0.25, 0.3) is 0 Å². The summed E-state index contributed by atoms with van der Waals surface area (Å²) in [4.78, 5) is 12.4. The Morgan fingerprint density at radius 2 is 2.14 bits per heavy atom. The largest absolute Gasteiger partial charge is 0.370 e. The summed E-state index contributed by atoms with van der Waals surface area (Å²) in [5.41, 5.74) is 6.89. The van der Waals surface area contributed by atoms with Gasteiger partial charge in [-0.05, 0) is 30.5 Å². The number of amides is 1. The number of carbonyl (C=O) groups is 1. The first-order valence-corrected chi connectivity index (χ1v) is 8.32. The lowest BCUT2D eigenvalue weighted by atomic mass is 9.84. The molecule has 5 heteroatoms. The summed E-state index contributed by atoms with van der Waals surface area (Å²) < 4.78 is 5.35. The Kier molecular flexibility index (Phi) is 6.68. The second-order valence-electron chi connectivity index (χ2n) is 6.06. The second-order valence-corrected chi connectivity index (χ2v) is 6.50. The molecule has 0 radical (unpaired) electrons. The molecule has 0 bridgehead atoms. The molecule has 1 aromatic carbocycles. The molecule has 2 rings (SSSR count). The van der Waals surface area contributed by atoms with E-state index in [4.69, 9.17) is 22.1 Å². The van der Waals surface area contributed by atoms with Crippen molar-refractivity contribution in [1.82, 2.24) is 0 Å². The number of anilines is 1. The molecule has 22 heavy (non-hydrogen) atoms. The van der Waals surface area contributed by atoms with E-state index in [1.807, 2.05) is 0 Å². The summed E-state index contributed by atoms with van der Waals surface area (Å²) in [5, 5.41) is 3.41. The number of hydrogen-bond donors (Lipinski definition) is 2. The van der Waals surface area contributed by atoms with Crippen LogP contribution in [0.4, 0.5) is 5.69 Å². The lowest BCUT2D eigenvalue weighted by Gasteiger charge is -2.28. The summed E-state index contributed by atoms with van der Waals surface area (Å²) in [5.74, 6) is 0.397. The molecule has 1 fully saturated rings. The summed E-state index contributed by atoms with van der Waals surface area (Å²) >= 11 is 5.93. The molecule has 4 nitrogen and oxygen atoms in total. The number of methoxy groups -OCH3 is 1. The van der Waals surface area contributed by atoms with Gasteiger partial charge in [-0.1, -0.05) is 49.8 Å². The van der Waals surface area contributed by atoms with Crippen LogP contribution >= 0.6 is 11.6 Å². The summed E-state index contributed by atoms with van der Waals surface area (Å²) in [6, 6.07) is 6.77. The molecule has 1 amide bonds. The first-order chi connectivity index (χ1) is 10.6. The van der Waals surface area contributed by atoms with E-state index in [1.165, 1.54) is 39.2 Å². The van der Waals surface area contributed by atoms with Crippen LogP contribution in [0.3, 0.4) is 0 Å². The Labute approximate surface area is 137 Å². The van der Waals surface area contributed by atoms with Crippen LogP contribution in [0.15, 0.2) is 24.3 Å². The fourth-order valence-electron chi connectivity index (χ4n) is 3.19. The first kappa shape index (κ1) is 17.3. The molecule has 3 N–H and O–H groups in total. The molecule has 0 saturated heterocycles. The molecule has 0 aromatic heterocycles. The number of halogens is 1. The fourth-order valence-corrected chi connectivity index (χ4v) is 3.38. The first-order valence-electron chi connectivity index (χ1n) is 7.95. The molecule has 1 aliphatic rings. The highest BCUT2D eigenvalue weighted by molar-refractivity contribution is 6.30. The van der Waals surface area contributed by atoms with Crippen molar-refractivity contribution in [3.8, 4) is 0 Å². The van der Waals surface area contributed by atoms with Crippen molar-refractivity contribution >= 4 is 23.2 Å². The number of nitrogens with two attached hydrogens (primary N) is 1. The van der Waals surface area contributed by atoms with Gasteiger partial charge in [0.1, 0.15) is 0 Å². The monoisotopic (exact) mass is 324 g/mol. The highest BCUT2D eigenvalue weighted by Crippen LogP contribution is 2.28. The SMILES string of the molecule is COC(C(=O)Nc1cccc(Cl)c1)C(N)CC1CCCCC1. The van der Waals surface area contributed by atoms with Crippen molar-refractivity contribution in [2.75, 3.05) is 12.4 Å². The lowest BCUT2D eigenvalue weighted by molar-refractivity contribution is -0.127. The predicted molar refractivity (Wildman–Crippen MR) is 90.0 cm³/mol. The van der Waals surface area contributed by atoms with Crippen molar-refractivity contribution in [2.45, 2.75) is 50.7 Å². The quantitative estimate of drug-likeness (QED) is 0.840. The summed E-state index contributed by atoms with van der Waals surface area (Å²) in [6.45, 7) is 0. The van der Waals surface area contributed by atoms with Crippen LogP contribution in [-0.2, 0) is 9.53 Å². The van der Waals surface area contributed by atoms with Crippen molar-refractivity contribution in [3.05, 3.63) is 29.3 Å². The Bertz CT molecular complexity index is 489. The van der Waals surface area contributed by atoms with E-state index in [9.17, 15) is 4.79 Å². The van der Waals surface area contributed by atoms with E-state index in [0.29, 0.717) is 16.6 Å². The highest BCUT2D eigenvalue weighted by Gasteiger charge is 2.28. The minimum absolute atomic E-state index is 0.215. The molecule has 0 spiro atoms. The zero-order chi connectivity index (χ0) is 15.9. The number of hydrogen-bond acceptors (Lipinski definition) is 3. The van der Waals surface area contributed by atoms with Gasteiger partial charge in [0, 0.05) is 23.9 Å². The smallest absolute Gasteiger partial charge is 0.255 e. The third kappa shape index (κ3) is 4.97. The molecule has 1 aliphatic carbocycles. The zero-order valence-electron chi connectivity index (χ0n) is 13.1. The van der Waals surface area contributed by atoms with Gasteiger partial charge in [0.15, 0.2) is 6.10 Å². The normalized spacial score (nSPS) is 18.7. The molecular weight excluding hydrogens is 300 g/mol. The van der Waals surface area contributed by atoms with Crippen LogP contribution < -0.4 is 11.1 Å². The van der Waals surface area contributed by atoms with E-state index in [1.54, 1.807) is 24.3 Å². The van der Waals surface area contributed by atoms with Crippen LogP contribution in [0.1, 0.15) is 38.5 Å². The molecule has 0 heterocycles. The number of benzene rings is 1. The summed E-state index contributed by atoms with van der Waals surface area (Å²) in [7, 11) is 1.53. The van der Waals surface area contributed by atoms with Gasteiger partial charge in [-0.2, -0.15) is 0 Å². The van der Waals surface area contributed by atoms with Gasteiger partial charge in [0.05, 0.1) is 0 Å². The third-order valence-corrected chi connectivity index (χ3v) is 4.56. The van der Waals surface area contributed by atoms with Crippen molar-refractivity contribution in [1.29, 1.82) is 0 Å².